The van der Waals surface area contributed by atoms with Crippen LogP contribution in [0, 0.1) is 0 Å². The van der Waals surface area contributed by atoms with Crippen molar-refractivity contribution in [2.75, 3.05) is 18.5 Å². The van der Waals surface area contributed by atoms with Gasteiger partial charge in [0, 0.05) is 5.56 Å². The van der Waals surface area contributed by atoms with E-state index in [4.69, 9.17) is 25.8 Å². The molecule has 0 bridgehead atoms. The van der Waals surface area contributed by atoms with Crippen molar-refractivity contribution < 1.29 is 23.8 Å². The number of rotatable bonds is 12. The van der Waals surface area contributed by atoms with E-state index in [0.717, 1.165) is 5.56 Å². The van der Waals surface area contributed by atoms with Gasteiger partial charge in [-0.05, 0) is 92.4 Å². The Balaban J connectivity index is 1.34. The zero-order valence-electron chi connectivity index (χ0n) is 22.4. The van der Waals surface area contributed by atoms with Gasteiger partial charge in [0.2, 0.25) is 0 Å². The number of nitrogens with zero attached hydrogens (tertiary/aromatic N) is 1. The van der Waals surface area contributed by atoms with Crippen LogP contribution in [0.5, 0.6) is 17.2 Å². The van der Waals surface area contributed by atoms with Gasteiger partial charge in [-0.25, -0.2) is 5.43 Å². The third kappa shape index (κ3) is 8.82. The minimum absolute atomic E-state index is 0.230. The topological polar surface area (TPSA) is 98.3 Å². The second-order valence-electron chi connectivity index (χ2n) is 8.70. The smallest absolute Gasteiger partial charge is 0.271 e. The number of anilines is 1. The summed E-state index contributed by atoms with van der Waals surface area (Å²) in [6.07, 6.45) is 1.49. The molecule has 2 amide bonds. The van der Waals surface area contributed by atoms with E-state index >= 15 is 0 Å². The lowest BCUT2D eigenvalue weighted by molar-refractivity contribution is -0.118. The highest BCUT2D eigenvalue weighted by molar-refractivity contribution is 9.11. The number of carbonyl (C=O) groups excluding carboxylic acids is 2. The maximum absolute atomic E-state index is 12.8. The number of amides is 2. The van der Waals surface area contributed by atoms with Gasteiger partial charge in [0.25, 0.3) is 11.8 Å². The first-order chi connectivity index (χ1) is 20.3. The van der Waals surface area contributed by atoms with E-state index in [0.29, 0.717) is 61.2 Å². The minimum atomic E-state index is -0.413. The quantitative estimate of drug-likeness (QED) is 0.116. The van der Waals surface area contributed by atoms with Gasteiger partial charge in [-0.1, -0.05) is 54.1 Å². The summed E-state index contributed by atoms with van der Waals surface area (Å²) in [5.41, 5.74) is 5.08. The first-order valence-electron chi connectivity index (χ1n) is 12.8. The molecule has 42 heavy (non-hydrogen) atoms. The number of halogens is 3. The van der Waals surface area contributed by atoms with Crippen molar-refractivity contribution in [3.05, 3.63) is 116 Å². The van der Waals surface area contributed by atoms with Crippen LogP contribution >= 0.6 is 43.5 Å². The summed E-state index contributed by atoms with van der Waals surface area (Å²) < 4.78 is 18.5. The Hall–Kier alpha value is -3.86. The molecule has 0 heterocycles. The first kappa shape index (κ1) is 31.1. The van der Waals surface area contributed by atoms with Crippen LogP contribution in [-0.2, 0) is 11.4 Å². The van der Waals surface area contributed by atoms with Crippen molar-refractivity contribution in [1.29, 1.82) is 0 Å². The Morgan fingerprint density at radius 3 is 2.31 bits per heavy atom. The Morgan fingerprint density at radius 1 is 0.881 bits per heavy atom. The van der Waals surface area contributed by atoms with Gasteiger partial charge in [-0.2, -0.15) is 5.10 Å². The molecule has 0 aromatic heterocycles. The number of carbonyl (C=O) groups is 2. The van der Waals surface area contributed by atoms with Gasteiger partial charge < -0.3 is 19.5 Å². The molecule has 0 saturated heterocycles. The molecule has 11 heteroatoms. The zero-order chi connectivity index (χ0) is 29.9. The molecule has 0 fully saturated rings. The number of benzene rings is 4. The van der Waals surface area contributed by atoms with Crippen molar-refractivity contribution >= 4 is 67.2 Å². The van der Waals surface area contributed by atoms with E-state index in [1.54, 1.807) is 54.6 Å². The van der Waals surface area contributed by atoms with Crippen LogP contribution in [0.2, 0.25) is 5.02 Å². The Kier molecular flexibility index (Phi) is 11.4. The lowest BCUT2D eigenvalue weighted by atomic mass is 10.2. The first-order valence-corrected chi connectivity index (χ1v) is 14.7. The number of nitrogens with one attached hydrogen (secondary N) is 2. The minimum Gasteiger partial charge on any atom is -0.490 e. The number of ether oxygens (including phenoxy) is 3. The van der Waals surface area contributed by atoms with Crippen molar-refractivity contribution in [2.24, 2.45) is 5.10 Å². The predicted molar refractivity (Wildman–Crippen MR) is 171 cm³/mol. The molecule has 0 radical (unpaired) electrons. The lowest BCUT2D eigenvalue weighted by Crippen LogP contribution is -2.20. The fraction of sp³-hybridized carbons (Fsp3) is 0.129. The van der Waals surface area contributed by atoms with Crippen LogP contribution in [-0.4, -0.2) is 31.2 Å². The van der Waals surface area contributed by atoms with Crippen LogP contribution in [0.25, 0.3) is 0 Å². The number of hydrazone groups is 1. The van der Waals surface area contributed by atoms with E-state index in [2.05, 4.69) is 47.7 Å². The van der Waals surface area contributed by atoms with E-state index in [1.807, 2.05) is 37.3 Å². The van der Waals surface area contributed by atoms with Gasteiger partial charge >= 0.3 is 0 Å². The lowest BCUT2D eigenvalue weighted by Gasteiger charge is -2.13. The summed E-state index contributed by atoms with van der Waals surface area (Å²) in [5, 5.41) is 7.22. The van der Waals surface area contributed by atoms with Gasteiger partial charge in [-0.15, -0.1) is 0 Å². The molecule has 4 rings (SSSR count). The molecule has 0 aliphatic carbocycles. The maximum Gasteiger partial charge on any atom is 0.271 e. The number of para-hydroxylation sites is 1. The molecular weight excluding hydrogens is 690 g/mol. The van der Waals surface area contributed by atoms with Crippen molar-refractivity contribution in [1.82, 2.24) is 5.43 Å². The molecule has 0 unspecified atom stereocenters. The summed E-state index contributed by atoms with van der Waals surface area (Å²) in [6.45, 7) is 2.42. The van der Waals surface area contributed by atoms with E-state index in [-0.39, 0.29) is 12.5 Å². The molecule has 216 valence electrons. The van der Waals surface area contributed by atoms with Gasteiger partial charge in [-0.3, -0.25) is 9.59 Å². The van der Waals surface area contributed by atoms with Crippen LogP contribution in [0.15, 0.2) is 99.0 Å². The summed E-state index contributed by atoms with van der Waals surface area (Å²) in [6, 6.07) is 25.2. The highest BCUT2D eigenvalue weighted by Crippen LogP contribution is 2.34. The van der Waals surface area contributed by atoms with E-state index < -0.39 is 5.91 Å². The molecule has 2 N–H and O–H groups in total. The van der Waals surface area contributed by atoms with Crippen molar-refractivity contribution in [2.45, 2.75) is 13.5 Å². The van der Waals surface area contributed by atoms with Crippen LogP contribution in [0.4, 0.5) is 5.69 Å². The third-order valence-electron chi connectivity index (χ3n) is 5.64. The summed E-state index contributed by atoms with van der Waals surface area (Å²) >= 11 is 13.0. The Bertz CT molecular complexity index is 1560. The normalized spacial score (nSPS) is 10.8. The largest absolute Gasteiger partial charge is 0.490 e. The molecular formula is C31H26Br2ClN3O5. The van der Waals surface area contributed by atoms with Crippen LogP contribution in [0.3, 0.4) is 0 Å². The zero-order valence-corrected chi connectivity index (χ0v) is 26.3. The standard InChI is InChI=1S/C31H26Br2ClN3O5/c1-2-40-28-16-22(12-13-27(28)41-18-20-8-4-3-5-9-20)31(39)37-35-17-21-14-23(32)30(24(33)15-21)42-19-29(38)36-26-11-7-6-10-25(26)34/h3-17H,2,18-19H2,1H3,(H,36,38)(H,37,39)/b35-17+. The molecule has 0 aliphatic heterocycles. The van der Waals surface area contributed by atoms with Gasteiger partial charge in [0.15, 0.2) is 18.1 Å². The predicted octanol–water partition coefficient (Wildman–Crippen LogP) is 7.62. The Labute approximate surface area is 265 Å². The monoisotopic (exact) mass is 713 g/mol. The van der Waals surface area contributed by atoms with Crippen LogP contribution in [0.1, 0.15) is 28.4 Å². The summed E-state index contributed by atoms with van der Waals surface area (Å²) in [5.74, 6) is 0.666. The maximum atomic E-state index is 12.8. The second kappa shape index (κ2) is 15.4. The van der Waals surface area contributed by atoms with Gasteiger partial charge in [0.1, 0.15) is 12.4 Å². The van der Waals surface area contributed by atoms with Gasteiger partial charge in [0.05, 0.1) is 32.5 Å². The summed E-state index contributed by atoms with van der Waals surface area (Å²) in [4.78, 5) is 25.1. The highest BCUT2D eigenvalue weighted by Gasteiger charge is 2.14. The average Bonchev–Trinajstić information content (AvgIpc) is 2.98. The molecule has 4 aromatic rings. The molecule has 0 aliphatic rings. The van der Waals surface area contributed by atoms with E-state index in [9.17, 15) is 9.59 Å². The second-order valence-corrected chi connectivity index (χ2v) is 10.8. The molecule has 4 aromatic carbocycles. The third-order valence-corrected chi connectivity index (χ3v) is 7.15. The molecule has 8 nitrogen and oxygen atoms in total. The van der Waals surface area contributed by atoms with Crippen molar-refractivity contribution in [3.8, 4) is 17.2 Å². The molecule has 0 atom stereocenters. The fourth-order valence-electron chi connectivity index (χ4n) is 3.68. The SMILES string of the molecule is CCOc1cc(C(=O)N/N=C/c2cc(Br)c(OCC(=O)Nc3ccccc3Cl)c(Br)c2)ccc1OCc1ccccc1. The number of hydrogen-bond acceptors (Lipinski definition) is 6. The highest BCUT2D eigenvalue weighted by atomic mass is 79.9. The fourth-order valence-corrected chi connectivity index (χ4v) is 5.31. The number of hydrogen-bond donors (Lipinski definition) is 2. The molecule has 0 spiro atoms. The van der Waals surface area contributed by atoms with E-state index in [1.165, 1.54) is 6.21 Å². The molecule has 0 saturated carbocycles. The average molecular weight is 716 g/mol. The van der Waals surface area contributed by atoms with Crippen LogP contribution < -0.4 is 25.0 Å². The summed E-state index contributed by atoms with van der Waals surface area (Å²) in [7, 11) is 0. The van der Waals surface area contributed by atoms with Crippen molar-refractivity contribution in [3.63, 3.8) is 0 Å². The Morgan fingerprint density at radius 2 is 1.60 bits per heavy atom.